The molecule has 1 saturated heterocycles. The molecule has 0 bridgehead atoms. The number of piperidine rings is 1. The van der Waals surface area contributed by atoms with Crippen LogP contribution in [0.15, 0.2) is 18.2 Å². The summed E-state index contributed by atoms with van der Waals surface area (Å²) < 4.78 is 26.8. The summed E-state index contributed by atoms with van der Waals surface area (Å²) in [5, 5.41) is 3.30. The summed E-state index contributed by atoms with van der Waals surface area (Å²) in [6.07, 6.45) is 4.06. The first kappa shape index (κ1) is 14.4. The minimum Gasteiger partial charge on any atom is -0.335 e. The van der Waals surface area contributed by atoms with E-state index in [0.717, 1.165) is 50.9 Å². The minimum absolute atomic E-state index is 0.0164. The molecule has 3 nitrogen and oxygen atoms in total. The molecule has 1 saturated carbocycles. The molecule has 0 atom stereocenters. The average Bonchev–Trinajstić information content (AvgIpc) is 3.30. The van der Waals surface area contributed by atoms with E-state index in [0.29, 0.717) is 12.5 Å². The highest BCUT2D eigenvalue weighted by molar-refractivity contribution is 5.94. The van der Waals surface area contributed by atoms with E-state index < -0.39 is 11.6 Å². The van der Waals surface area contributed by atoms with Crippen LogP contribution in [-0.2, 0) is 0 Å². The van der Waals surface area contributed by atoms with Gasteiger partial charge >= 0.3 is 0 Å². The third-order valence-corrected chi connectivity index (χ3v) is 4.32. The molecule has 21 heavy (non-hydrogen) atoms. The van der Waals surface area contributed by atoms with Crippen LogP contribution in [0.3, 0.4) is 0 Å². The van der Waals surface area contributed by atoms with Gasteiger partial charge in [0.1, 0.15) is 11.6 Å². The molecular weight excluding hydrogens is 274 g/mol. The SMILES string of the molecule is O=C(c1ccc(F)cc1F)N(CC1CCNCC1)C1CC1. The van der Waals surface area contributed by atoms with Crippen LogP contribution in [0.2, 0.25) is 0 Å². The largest absolute Gasteiger partial charge is 0.335 e. The zero-order valence-electron chi connectivity index (χ0n) is 11.9. The lowest BCUT2D eigenvalue weighted by atomic mass is 9.97. The Balaban J connectivity index is 1.75. The lowest BCUT2D eigenvalue weighted by Gasteiger charge is -2.30. The number of carbonyl (C=O) groups excluding carboxylic acids is 1. The van der Waals surface area contributed by atoms with Crippen molar-refractivity contribution in [1.82, 2.24) is 10.2 Å². The van der Waals surface area contributed by atoms with Crippen LogP contribution < -0.4 is 5.32 Å². The van der Waals surface area contributed by atoms with Crippen LogP contribution in [0.25, 0.3) is 0 Å². The number of nitrogens with zero attached hydrogens (tertiary/aromatic N) is 1. The lowest BCUT2D eigenvalue weighted by molar-refractivity contribution is 0.0697. The number of carbonyl (C=O) groups is 1. The molecule has 0 spiro atoms. The molecule has 2 aliphatic rings. The van der Waals surface area contributed by atoms with Gasteiger partial charge in [-0.15, -0.1) is 0 Å². The summed E-state index contributed by atoms with van der Waals surface area (Å²) in [6, 6.07) is 3.41. The summed E-state index contributed by atoms with van der Waals surface area (Å²) in [6.45, 7) is 2.63. The minimum atomic E-state index is -0.768. The van der Waals surface area contributed by atoms with E-state index in [1.54, 1.807) is 4.90 Å². The molecule has 1 aliphatic heterocycles. The van der Waals surface area contributed by atoms with Gasteiger partial charge in [0.2, 0.25) is 0 Å². The number of benzene rings is 1. The smallest absolute Gasteiger partial charge is 0.257 e. The van der Waals surface area contributed by atoms with E-state index in [9.17, 15) is 13.6 Å². The highest BCUT2D eigenvalue weighted by atomic mass is 19.1. The molecule has 0 aromatic heterocycles. The summed E-state index contributed by atoms with van der Waals surface area (Å²) >= 11 is 0. The Labute approximate surface area is 123 Å². The Bertz CT molecular complexity index is 525. The molecule has 0 radical (unpaired) electrons. The number of rotatable bonds is 4. The van der Waals surface area contributed by atoms with Crippen molar-refractivity contribution in [2.75, 3.05) is 19.6 Å². The molecule has 114 valence electrons. The molecule has 1 N–H and O–H groups in total. The van der Waals surface area contributed by atoms with Crippen molar-refractivity contribution in [1.29, 1.82) is 0 Å². The van der Waals surface area contributed by atoms with Crippen molar-refractivity contribution in [2.24, 2.45) is 5.92 Å². The van der Waals surface area contributed by atoms with Gasteiger partial charge in [0.05, 0.1) is 5.56 Å². The Morgan fingerprint density at radius 3 is 2.52 bits per heavy atom. The first-order valence-corrected chi connectivity index (χ1v) is 7.62. The number of hydrogen-bond acceptors (Lipinski definition) is 2. The maximum atomic E-state index is 13.8. The number of amides is 1. The molecule has 0 unspecified atom stereocenters. The van der Waals surface area contributed by atoms with E-state index in [-0.39, 0.29) is 17.5 Å². The predicted molar refractivity (Wildman–Crippen MR) is 76.0 cm³/mol. The van der Waals surface area contributed by atoms with Gasteiger partial charge in [0.15, 0.2) is 0 Å². The van der Waals surface area contributed by atoms with Gasteiger partial charge in [-0.1, -0.05) is 0 Å². The van der Waals surface area contributed by atoms with Crippen molar-refractivity contribution in [3.63, 3.8) is 0 Å². The molecule has 1 aliphatic carbocycles. The second-order valence-corrected chi connectivity index (χ2v) is 6.01. The summed E-state index contributed by atoms with van der Waals surface area (Å²) in [4.78, 5) is 14.4. The fourth-order valence-electron chi connectivity index (χ4n) is 2.94. The Hall–Kier alpha value is -1.49. The lowest BCUT2D eigenvalue weighted by Crippen LogP contribution is -2.40. The normalized spacial score (nSPS) is 19.5. The molecule has 5 heteroatoms. The third-order valence-electron chi connectivity index (χ3n) is 4.32. The van der Waals surface area contributed by atoms with Crippen molar-refractivity contribution in [2.45, 2.75) is 31.7 Å². The predicted octanol–water partition coefficient (Wildman–Crippen LogP) is 2.57. The Morgan fingerprint density at radius 2 is 1.90 bits per heavy atom. The van der Waals surface area contributed by atoms with E-state index >= 15 is 0 Å². The van der Waals surface area contributed by atoms with Gasteiger partial charge in [-0.3, -0.25) is 4.79 Å². The van der Waals surface area contributed by atoms with Crippen LogP contribution in [0.1, 0.15) is 36.0 Å². The summed E-state index contributed by atoms with van der Waals surface area (Å²) in [5.74, 6) is -1.25. The number of nitrogens with one attached hydrogen (secondary N) is 1. The van der Waals surface area contributed by atoms with E-state index in [1.807, 2.05) is 0 Å². The molecular formula is C16H20F2N2O. The van der Waals surface area contributed by atoms with Gasteiger partial charge in [-0.2, -0.15) is 0 Å². The molecule has 1 aromatic rings. The topological polar surface area (TPSA) is 32.3 Å². The van der Waals surface area contributed by atoms with Gasteiger partial charge < -0.3 is 10.2 Å². The molecule has 1 amide bonds. The Kier molecular flexibility index (Phi) is 4.19. The average molecular weight is 294 g/mol. The van der Waals surface area contributed by atoms with Crippen molar-refractivity contribution in [3.05, 3.63) is 35.4 Å². The van der Waals surface area contributed by atoms with Crippen LogP contribution >= 0.6 is 0 Å². The molecule has 1 aromatic carbocycles. The zero-order chi connectivity index (χ0) is 14.8. The van der Waals surface area contributed by atoms with Crippen molar-refractivity contribution >= 4 is 5.91 Å². The zero-order valence-corrected chi connectivity index (χ0v) is 11.9. The van der Waals surface area contributed by atoms with Gasteiger partial charge in [0, 0.05) is 18.7 Å². The highest BCUT2D eigenvalue weighted by Crippen LogP contribution is 2.30. The second kappa shape index (κ2) is 6.10. The molecule has 1 heterocycles. The summed E-state index contributed by atoms with van der Waals surface area (Å²) in [5.41, 5.74) is -0.0164. The van der Waals surface area contributed by atoms with Gasteiger partial charge in [0.25, 0.3) is 5.91 Å². The maximum absolute atomic E-state index is 13.8. The first-order chi connectivity index (χ1) is 10.1. The molecule has 2 fully saturated rings. The van der Waals surface area contributed by atoms with Crippen molar-refractivity contribution < 1.29 is 13.6 Å². The van der Waals surface area contributed by atoms with Crippen LogP contribution in [0.5, 0.6) is 0 Å². The number of hydrogen-bond donors (Lipinski definition) is 1. The van der Waals surface area contributed by atoms with Crippen LogP contribution in [0, 0.1) is 17.6 Å². The second-order valence-electron chi connectivity index (χ2n) is 6.01. The monoisotopic (exact) mass is 294 g/mol. The quantitative estimate of drug-likeness (QED) is 0.925. The fourth-order valence-corrected chi connectivity index (χ4v) is 2.94. The molecule has 3 rings (SSSR count). The third kappa shape index (κ3) is 3.40. The first-order valence-electron chi connectivity index (χ1n) is 7.62. The van der Waals surface area contributed by atoms with E-state index in [2.05, 4.69) is 5.32 Å². The van der Waals surface area contributed by atoms with Crippen LogP contribution in [-0.4, -0.2) is 36.5 Å². The maximum Gasteiger partial charge on any atom is 0.257 e. The van der Waals surface area contributed by atoms with Crippen molar-refractivity contribution in [3.8, 4) is 0 Å². The fraction of sp³-hybridized carbons (Fsp3) is 0.562. The van der Waals surface area contributed by atoms with E-state index in [4.69, 9.17) is 0 Å². The highest BCUT2D eigenvalue weighted by Gasteiger charge is 2.35. The van der Waals surface area contributed by atoms with Gasteiger partial charge in [-0.25, -0.2) is 8.78 Å². The summed E-state index contributed by atoms with van der Waals surface area (Å²) in [7, 11) is 0. The standard InChI is InChI=1S/C16H20F2N2O/c17-12-1-4-14(15(18)9-12)16(21)20(13-2-3-13)10-11-5-7-19-8-6-11/h1,4,9,11,13,19H,2-3,5-8,10H2. The van der Waals surface area contributed by atoms with Gasteiger partial charge in [-0.05, 0) is 56.8 Å². The Morgan fingerprint density at radius 1 is 1.19 bits per heavy atom. The number of halogens is 2. The van der Waals surface area contributed by atoms with E-state index in [1.165, 1.54) is 6.07 Å². The van der Waals surface area contributed by atoms with Crippen LogP contribution in [0.4, 0.5) is 8.78 Å².